The maximum Gasteiger partial charge on any atom is 0.229 e. The van der Waals surface area contributed by atoms with Gasteiger partial charge in [-0.25, -0.2) is 4.98 Å². The SMILES string of the molecule is O=C(Nc1ccc2oc(C3CC3)nc2c1)[C@H]1CC(=O)N(C2CCCC2)C1. The predicted molar refractivity (Wildman–Crippen MR) is 96.7 cm³/mol. The number of hydrogen-bond acceptors (Lipinski definition) is 4. The molecule has 26 heavy (non-hydrogen) atoms. The van der Waals surface area contributed by atoms with Gasteiger partial charge in [0.15, 0.2) is 11.5 Å². The number of carbonyl (C=O) groups is 2. The summed E-state index contributed by atoms with van der Waals surface area (Å²) < 4.78 is 5.76. The van der Waals surface area contributed by atoms with Gasteiger partial charge in [-0.2, -0.15) is 0 Å². The molecule has 1 atom stereocenters. The summed E-state index contributed by atoms with van der Waals surface area (Å²) in [6, 6.07) is 5.89. The first-order valence-electron chi connectivity index (χ1n) is 9.68. The number of aromatic nitrogens is 1. The van der Waals surface area contributed by atoms with Gasteiger partial charge in [0.05, 0.1) is 5.92 Å². The Morgan fingerprint density at radius 1 is 1.19 bits per heavy atom. The highest BCUT2D eigenvalue weighted by Crippen LogP contribution is 2.40. The molecule has 1 aromatic heterocycles. The van der Waals surface area contributed by atoms with Crippen LogP contribution in [0.1, 0.15) is 56.8 Å². The molecule has 1 aliphatic heterocycles. The molecule has 2 aromatic rings. The number of nitrogens with zero attached hydrogens (tertiary/aromatic N) is 2. The number of amides is 2. The molecule has 3 aliphatic rings. The van der Waals surface area contributed by atoms with Crippen LogP contribution in [0.4, 0.5) is 5.69 Å². The van der Waals surface area contributed by atoms with E-state index in [9.17, 15) is 9.59 Å². The predicted octanol–water partition coefficient (Wildman–Crippen LogP) is 3.43. The molecular formula is C20H23N3O3. The summed E-state index contributed by atoms with van der Waals surface area (Å²) in [5, 5.41) is 2.96. The molecule has 6 heteroatoms. The van der Waals surface area contributed by atoms with Gasteiger partial charge in [-0.3, -0.25) is 9.59 Å². The van der Waals surface area contributed by atoms with Gasteiger partial charge in [-0.05, 0) is 43.9 Å². The number of oxazole rings is 1. The zero-order valence-electron chi connectivity index (χ0n) is 14.7. The van der Waals surface area contributed by atoms with Crippen molar-refractivity contribution < 1.29 is 14.0 Å². The van der Waals surface area contributed by atoms with Gasteiger partial charge in [0.1, 0.15) is 5.52 Å². The number of fused-ring (bicyclic) bond motifs is 1. The fourth-order valence-electron chi connectivity index (χ4n) is 4.25. The third-order valence-corrected chi connectivity index (χ3v) is 5.89. The van der Waals surface area contributed by atoms with Gasteiger partial charge in [-0.15, -0.1) is 0 Å². The average Bonchev–Trinajstić information content (AvgIpc) is 3.04. The van der Waals surface area contributed by atoms with Crippen molar-refractivity contribution in [3.63, 3.8) is 0 Å². The second kappa shape index (κ2) is 6.11. The standard InChI is InChI=1S/C20H23N3O3/c24-18-9-13(11-23(18)15-3-1-2-4-15)19(25)21-14-7-8-17-16(10-14)22-20(26-17)12-5-6-12/h7-8,10,12-13,15H,1-6,9,11H2,(H,21,25)/t13-/m0/s1. The highest BCUT2D eigenvalue weighted by Gasteiger charge is 2.38. The lowest BCUT2D eigenvalue weighted by molar-refractivity contribution is -0.129. The summed E-state index contributed by atoms with van der Waals surface area (Å²) >= 11 is 0. The van der Waals surface area contributed by atoms with E-state index >= 15 is 0 Å². The van der Waals surface area contributed by atoms with Crippen LogP contribution in [0.15, 0.2) is 22.6 Å². The van der Waals surface area contributed by atoms with E-state index in [0.29, 0.717) is 30.6 Å². The molecule has 2 heterocycles. The molecule has 2 aliphatic carbocycles. The van der Waals surface area contributed by atoms with Crippen molar-refractivity contribution in [3.05, 3.63) is 24.1 Å². The van der Waals surface area contributed by atoms with Gasteiger partial charge >= 0.3 is 0 Å². The smallest absolute Gasteiger partial charge is 0.229 e. The van der Waals surface area contributed by atoms with Crippen LogP contribution >= 0.6 is 0 Å². The van der Waals surface area contributed by atoms with Gasteiger partial charge in [0.2, 0.25) is 11.8 Å². The number of carbonyl (C=O) groups excluding carboxylic acids is 2. The van der Waals surface area contributed by atoms with Crippen molar-refractivity contribution in [3.8, 4) is 0 Å². The fourth-order valence-corrected chi connectivity index (χ4v) is 4.25. The maximum atomic E-state index is 12.6. The summed E-state index contributed by atoms with van der Waals surface area (Å²) in [4.78, 5) is 31.4. The lowest BCUT2D eigenvalue weighted by Gasteiger charge is -2.23. The van der Waals surface area contributed by atoms with E-state index in [4.69, 9.17) is 4.42 Å². The summed E-state index contributed by atoms with van der Waals surface area (Å²) in [7, 11) is 0. The summed E-state index contributed by atoms with van der Waals surface area (Å²) in [5.74, 6) is 1.05. The first-order valence-corrected chi connectivity index (χ1v) is 9.68. The Kier molecular flexibility index (Phi) is 3.72. The third-order valence-electron chi connectivity index (χ3n) is 5.89. The molecule has 0 unspecified atom stereocenters. The third kappa shape index (κ3) is 2.87. The first-order chi connectivity index (χ1) is 12.7. The maximum absolute atomic E-state index is 12.6. The molecule has 6 nitrogen and oxygen atoms in total. The van der Waals surface area contributed by atoms with Crippen molar-refractivity contribution in [1.29, 1.82) is 0 Å². The number of hydrogen-bond donors (Lipinski definition) is 1. The number of anilines is 1. The lowest BCUT2D eigenvalue weighted by Crippen LogP contribution is -2.35. The van der Waals surface area contributed by atoms with E-state index in [2.05, 4.69) is 10.3 Å². The Morgan fingerprint density at radius 2 is 2.00 bits per heavy atom. The highest BCUT2D eigenvalue weighted by atomic mass is 16.3. The van der Waals surface area contributed by atoms with E-state index < -0.39 is 0 Å². The monoisotopic (exact) mass is 353 g/mol. The largest absolute Gasteiger partial charge is 0.440 e. The quantitative estimate of drug-likeness (QED) is 0.914. The zero-order chi connectivity index (χ0) is 17.7. The molecule has 1 saturated heterocycles. The molecular weight excluding hydrogens is 330 g/mol. The van der Waals surface area contributed by atoms with Crippen molar-refractivity contribution >= 4 is 28.6 Å². The molecule has 2 saturated carbocycles. The second-order valence-corrected chi connectivity index (χ2v) is 7.88. The molecule has 1 aromatic carbocycles. The second-order valence-electron chi connectivity index (χ2n) is 7.88. The van der Waals surface area contributed by atoms with Crippen molar-refractivity contribution in [2.75, 3.05) is 11.9 Å². The van der Waals surface area contributed by atoms with Crippen LogP contribution in [0, 0.1) is 5.92 Å². The van der Waals surface area contributed by atoms with Crippen LogP contribution in [0.2, 0.25) is 0 Å². The Morgan fingerprint density at radius 3 is 2.77 bits per heavy atom. The van der Waals surface area contributed by atoms with Crippen LogP contribution in [0.25, 0.3) is 11.1 Å². The molecule has 0 bridgehead atoms. The molecule has 136 valence electrons. The Bertz CT molecular complexity index is 864. The molecule has 1 N–H and O–H groups in total. The normalized spacial score (nSPS) is 23.9. The lowest BCUT2D eigenvalue weighted by atomic mass is 10.1. The van der Waals surface area contributed by atoms with Crippen LogP contribution in [0.5, 0.6) is 0 Å². The Labute approximate surface area is 151 Å². The topological polar surface area (TPSA) is 75.4 Å². The highest BCUT2D eigenvalue weighted by molar-refractivity contribution is 5.98. The molecule has 5 rings (SSSR count). The minimum absolute atomic E-state index is 0.0795. The van der Waals surface area contributed by atoms with Crippen molar-refractivity contribution in [2.24, 2.45) is 5.92 Å². The van der Waals surface area contributed by atoms with E-state index in [0.717, 1.165) is 42.7 Å². The summed E-state index contributed by atoms with van der Waals surface area (Å²) in [5.41, 5.74) is 2.25. The Balaban J connectivity index is 1.27. The van der Waals surface area contributed by atoms with E-state index in [-0.39, 0.29) is 17.7 Å². The van der Waals surface area contributed by atoms with Gasteiger partial charge < -0.3 is 14.6 Å². The van der Waals surface area contributed by atoms with Crippen molar-refractivity contribution in [2.45, 2.75) is 56.9 Å². The van der Waals surface area contributed by atoms with E-state index in [1.54, 1.807) is 0 Å². The van der Waals surface area contributed by atoms with Gasteiger partial charge in [0.25, 0.3) is 0 Å². The van der Waals surface area contributed by atoms with Crippen molar-refractivity contribution in [1.82, 2.24) is 9.88 Å². The van der Waals surface area contributed by atoms with Gasteiger partial charge in [-0.1, -0.05) is 12.8 Å². The number of likely N-dealkylation sites (tertiary alicyclic amines) is 1. The summed E-state index contributed by atoms with van der Waals surface area (Å²) in [6.07, 6.45) is 7.13. The van der Waals surface area contributed by atoms with E-state index in [1.807, 2.05) is 23.1 Å². The van der Waals surface area contributed by atoms with Crippen LogP contribution in [-0.4, -0.2) is 34.3 Å². The van der Waals surface area contributed by atoms with Gasteiger partial charge in [0, 0.05) is 30.6 Å². The molecule has 0 radical (unpaired) electrons. The van der Waals surface area contributed by atoms with Crippen LogP contribution < -0.4 is 5.32 Å². The van der Waals surface area contributed by atoms with E-state index in [1.165, 1.54) is 12.8 Å². The van der Waals surface area contributed by atoms with Crippen LogP contribution in [0.3, 0.4) is 0 Å². The number of benzene rings is 1. The first kappa shape index (κ1) is 15.9. The minimum atomic E-state index is -0.266. The summed E-state index contributed by atoms with van der Waals surface area (Å²) in [6.45, 7) is 0.549. The molecule has 2 amide bonds. The number of rotatable bonds is 4. The Hall–Kier alpha value is -2.37. The molecule has 3 fully saturated rings. The number of nitrogens with one attached hydrogen (secondary N) is 1. The molecule has 0 spiro atoms. The average molecular weight is 353 g/mol. The minimum Gasteiger partial charge on any atom is -0.440 e. The fraction of sp³-hybridized carbons (Fsp3) is 0.550. The zero-order valence-corrected chi connectivity index (χ0v) is 14.7. The van der Waals surface area contributed by atoms with Crippen LogP contribution in [-0.2, 0) is 9.59 Å².